The largest absolute Gasteiger partial charge is 0.434 e. The Kier molecular flexibility index (Phi) is 5.00. The molecule has 0 radical (unpaired) electrons. The predicted octanol–water partition coefficient (Wildman–Crippen LogP) is 3.23. The third-order valence-electron chi connectivity index (χ3n) is 3.47. The molecule has 0 aliphatic carbocycles. The molecular formula is C15H11BrF4N6O. The highest BCUT2D eigenvalue weighted by Crippen LogP contribution is 2.36. The van der Waals surface area contributed by atoms with E-state index in [-0.39, 0.29) is 12.5 Å². The molecule has 0 aliphatic rings. The van der Waals surface area contributed by atoms with Crippen LogP contribution in [0.3, 0.4) is 0 Å². The number of nitrogens with zero attached hydrogens (tertiary/aromatic N) is 5. The third-order valence-corrected chi connectivity index (χ3v) is 4.22. The predicted molar refractivity (Wildman–Crippen MR) is 89.4 cm³/mol. The minimum atomic E-state index is -4.68. The summed E-state index contributed by atoms with van der Waals surface area (Å²) in [5.74, 6) is -1.43. The zero-order valence-electron chi connectivity index (χ0n) is 13.6. The summed E-state index contributed by atoms with van der Waals surface area (Å²) >= 11 is 2.76. The van der Waals surface area contributed by atoms with Gasteiger partial charge in [-0.2, -0.15) is 18.3 Å². The van der Waals surface area contributed by atoms with Crippen LogP contribution in [0.15, 0.2) is 35.1 Å². The topological polar surface area (TPSA) is 77.6 Å². The summed E-state index contributed by atoms with van der Waals surface area (Å²) in [7, 11) is 1.08. The van der Waals surface area contributed by atoms with Crippen LogP contribution in [0.2, 0.25) is 0 Å². The molecule has 2 heterocycles. The first-order valence-corrected chi connectivity index (χ1v) is 8.19. The van der Waals surface area contributed by atoms with Gasteiger partial charge in [0.2, 0.25) is 5.95 Å². The lowest BCUT2D eigenvalue weighted by Gasteiger charge is -2.06. The minimum absolute atomic E-state index is 0.123. The number of alkyl halides is 3. The Morgan fingerprint density at radius 2 is 2.04 bits per heavy atom. The van der Waals surface area contributed by atoms with Crippen LogP contribution in [-0.4, -0.2) is 30.5 Å². The van der Waals surface area contributed by atoms with Crippen molar-refractivity contribution in [3.05, 3.63) is 57.8 Å². The molecule has 7 nitrogen and oxygen atoms in total. The van der Waals surface area contributed by atoms with E-state index in [2.05, 4.69) is 36.4 Å². The standard InChI is InChI=1S/C15H11BrF4N6O/c1-25-12(15(18,19)20)10(16)11(23-25)13(27)22-14-21-7-26(24-14)6-8-3-2-4-9(17)5-8/h2-5,7H,6H2,1H3,(H,22,24,27). The van der Waals surface area contributed by atoms with Gasteiger partial charge in [0, 0.05) is 7.05 Å². The molecule has 3 rings (SSSR count). The second kappa shape index (κ2) is 7.10. The van der Waals surface area contributed by atoms with Gasteiger partial charge in [-0.3, -0.25) is 14.8 Å². The van der Waals surface area contributed by atoms with Crippen molar-refractivity contribution in [1.29, 1.82) is 0 Å². The number of carbonyl (C=O) groups is 1. The Morgan fingerprint density at radius 1 is 1.30 bits per heavy atom. The van der Waals surface area contributed by atoms with Crippen LogP contribution in [0.5, 0.6) is 0 Å². The van der Waals surface area contributed by atoms with E-state index in [1.165, 1.54) is 23.1 Å². The smallest absolute Gasteiger partial charge is 0.288 e. The van der Waals surface area contributed by atoms with Gasteiger partial charge in [-0.15, -0.1) is 5.10 Å². The van der Waals surface area contributed by atoms with E-state index in [9.17, 15) is 22.4 Å². The Bertz CT molecular complexity index is 997. The molecule has 12 heteroatoms. The van der Waals surface area contributed by atoms with E-state index in [0.717, 1.165) is 7.05 Å². The Balaban J connectivity index is 1.75. The van der Waals surface area contributed by atoms with Crippen molar-refractivity contribution in [1.82, 2.24) is 24.5 Å². The summed E-state index contributed by atoms with van der Waals surface area (Å²) in [5.41, 5.74) is -0.913. The van der Waals surface area contributed by atoms with Crippen molar-refractivity contribution in [3.8, 4) is 0 Å². The van der Waals surface area contributed by atoms with E-state index in [4.69, 9.17) is 0 Å². The normalized spacial score (nSPS) is 11.6. The third kappa shape index (κ3) is 4.15. The number of benzene rings is 1. The fourth-order valence-corrected chi connectivity index (χ4v) is 3.10. The molecule has 0 aliphatic heterocycles. The van der Waals surface area contributed by atoms with E-state index >= 15 is 0 Å². The number of hydrogen-bond donors (Lipinski definition) is 1. The molecule has 0 saturated carbocycles. The summed E-state index contributed by atoms with van der Waals surface area (Å²) in [5, 5.41) is 9.86. The van der Waals surface area contributed by atoms with E-state index < -0.39 is 33.8 Å². The van der Waals surface area contributed by atoms with Crippen molar-refractivity contribution >= 4 is 27.8 Å². The molecule has 0 atom stereocenters. The van der Waals surface area contributed by atoms with Gasteiger partial charge in [-0.25, -0.2) is 14.1 Å². The molecule has 142 valence electrons. The van der Waals surface area contributed by atoms with Crippen LogP contribution in [0.1, 0.15) is 21.7 Å². The molecule has 3 aromatic rings. The molecule has 1 aromatic carbocycles. The van der Waals surface area contributed by atoms with Gasteiger partial charge in [0.05, 0.1) is 11.0 Å². The Labute approximate surface area is 158 Å². The van der Waals surface area contributed by atoms with Crippen LogP contribution in [-0.2, 0) is 19.8 Å². The van der Waals surface area contributed by atoms with E-state index in [1.54, 1.807) is 12.1 Å². The van der Waals surface area contributed by atoms with Gasteiger partial charge in [0.1, 0.15) is 12.1 Å². The number of hydrogen-bond acceptors (Lipinski definition) is 4. The highest BCUT2D eigenvalue weighted by molar-refractivity contribution is 9.10. The van der Waals surface area contributed by atoms with Crippen molar-refractivity contribution in [3.63, 3.8) is 0 Å². The number of halogens is 5. The SMILES string of the molecule is Cn1nc(C(=O)Nc2ncn(Cc3cccc(F)c3)n2)c(Br)c1C(F)(F)F. The first-order valence-electron chi connectivity index (χ1n) is 7.40. The molecule has 0 unspecified atom stereocenters. The monoisotopic (exact) mass is 446 g/mol. The van der Waals surface area contributed by atoms with Crippen LogP contribution in [0.4, 0.5) is 23.5 Å². The van der Waals surface area contributed by atoms with E-state index in [0.29, 0.717) is 10.2 Å². The molecule has 0 bridgehead atoms. The summed E-state index contributed by atoms with van der Waals surface area (Å²) in [6, 6.07) is 5.85. The number of aromatic nitrogens is 5. The minimum Gasteiger partial charge on any atom is -0.288 e. The maximum atomic E-state index is 13.2. The fraction of sp³-hybridized carbons (Fsp3) is 0.200. The number of nitrogens with one attached hydrogen (secondary N) is 1. The van der Waals surface area contributed by atoms with Gasteiger partial charge in [0.15, 0.2) is 11.4 Å². The quantitative estimate of drug-likeness (QED) is 0.624. The van der Waals surface area contributed by atoms with Gasteiger partial charge >= 0.3 is 6.18 Å². The lowest BCUT2D eigenvalue weighted by atomic mass is 10.2. The number of rotatable bonds is 4. The maximum Gasteiger partial charge on any atom is 0.434 e. The first kappa shape index (κ1) is 19.0. The Morgan fingerprint density at radius 3 is 2.67 bits per heavy atom. The first-order chi connectivity index (χ1) is 12.6. The van der Waals surface area contributed by atoms with Crippen LogP contribution < -0.4 is 5.32 Å². The summed E-state index contributed by atoms with van der Waals surface area (Å²) < 4.78 is 53.6. The van der Waals surface area contributed by atoms with Crippen LogP contribution >= 0.6 is 15.9 Å². The summed E-state index contributed by atoms with van der Waals surface area (Å²) in [4.78, 5) is 16.1. The molecule has 0 saturated heterocycles. The van der Waals surface area contributed by atoms with Gasteiger partial charge in [-0.05, 0) is 33.6 Å². The van der Waals surface area contributed by atoms with Crippen molar-refractivity contribution in [2.24, 2.45) is 7.05 Å². The van der Waals surface area contributed by atoms with Crippen molar-refractivity contribution in [2.75, 3.05) is 5.32 Å². The second-order valence-corrected chi connectivity index (χ2v) is 6.28. The number of aryl methyl sites for hydroxylation is 1. The molecule has 0 fully saturated rings. The van der Waals surface area contributed by atoms with Gasteiger partial charge in [-0.1, -0.05) is 12.1 Å². The fourth-order valence-electron chi connectivity index (χ4n) is 2.36. The number of anilines is 1. The molecular weight excluding hydrogens is 436 g/mol. The molecule has 1 N–H and O–H groups in total. The van der Waals surface area contributed by atoms with Crippen molar-refractivity contribution < 1.29 is 22.4 Å². The zero-order chi connectivity index (χ0) is 19.8. The van der Waals surface area contributed by atoms with Crippen LogP contribution in [0.25, 0.3) is 0 Å². The number of carbonyl (C=O) groups excluding carboxylic acids is 1. The summed E-state index contributed by atoms with van der Waals surface area (Å²) in [6.07, 6.45) is -3.38. The highest BCUT2D eigenvalue weighted by atomic mass is 79.9. The molecule has 27 heavy (non-hydrogen) atoms. The molecule has 2 aromatic heterocycles. The lowest BCUT2D eigenvalue weighted by Crippen LogP contribution is -2.15. The molecule has 0 spiro atoms. The maximum absolute atomic E-state index is 13.2. The zero-order valence-corrected chi connectivity index (χ0v) is 15.2. The van der Waals surface area contributed by atoms with Gasteiger partial charge in [0.25, 0.3) is 5.91 Å². The average molecular weight is 447 g/mol. The number of amides is 1. The average Bonchev–Trinajstić information content (AvgIpc) is 3.10. The van der Waals surface area contributed by atoms with Crippen LogP contribution in [0, 0.1) is 5.82 Å². The second-order valence-electron chi connectivity index (χ2n) is 5.48. The lowest BCUT2D eigenvalue weighted by molar-refractivity contribution is -0.144. The highest BCUT2D eigenvalue weighted by Gasteiger charge is 2.39. The summed E-state index contributed by atoms with van der Waals surface area (Å²) in [6.45, 7) is 0.201. The van der Waals surface area contributed by atoms with E-state index in [1.807, 2.05) is 0 Å². The van der Waals surface area contributed by atoms with Gasteiger partial charge < -0.3 is 0 Å². The molecule has 1 amide bonds. The van der Waals surface area contributed by atoms with Crippen molar-refractivity contribution in [2.45, 2.75) is 12.7 Å². The Hall–Kier alpha value is -2.76.